The van der Waals surface area contributed by atoms with Crippen molar-refractivity contribution < 1.29 is 14.3 Å². The maximum atomic E-state index is 12.7. The second-order valence-corrected chi connectivity index (χ2v) is 5.54. The molecular formula is C18H21NO4. The summed E-state index contributed by atoms with van der Waals surface area (Å²) in [5.74, 6) is 0.108. The van der Waals surface area contributed by atoms with Crippen molar-refractivity contribution in [3.63, 3.8) is 0 Å². The molecule has 0 bridgehead atoms. The average molecular weight is 315 g/mol. The van der Waals surface area contributed by atoms with Gasteiger partial charge in [0.2, 0.25) is 0 Å². The predicted molar refractivity (Wildman–Crippen MR) is 89.8 cm³/mol. The summed E-state index contributed by atoms with van der Waals surface area (Å²) in [4.78, 5) is 24.0. The first-order valence-corrected chi connectivity index (χ1v) is 7.34. The number of aromatic nitrogens is 1. The van der Waals surface area contributed by atoms with Gasteiger partial charge in [-0.2, -0.15) is 0 Å². The van der Waals surface area contributed by atoms with E-state index in [4.69, 9.17) is 9.47 Å². The molecule has 1 atom stereocenters. The Bertz CT molecular complexity index is 820. The van der Waals surface area contributed by atoms with E-state index in [9.17, 15) is 9.59 Å². The number of fused-ring (bicyclic) bond motifs is 1. The molecule has 0 saturated carbocycles. The Morgan fingerprint density at radius 2 is 1.96 bits per heavy atom. The molecule has 23 heavy (non-hydrogen) atoms. The summed E-state index contributed by atoms with van der Waals surface area (Å²) in [5, 5.41) is 0.843. The second-order valence-electron chi connectivity index (χ2n) is 5.54. The van der Waals surface area contributed by atoms with E-state index >= 15 is 0 Å². The third-order valence-corrected chi connectivity index (χ3v) is 3.80. The van der Waals surface area contributed by atoms with Crippen LogP contribution in [0.3, 0.4) is 0 Å². The zero-order valence-electron chi connectivity index (χ0n) is 13.9. The van der Waals surface area contributed by atoms with Gasteiger partial charge in [-0.1, -0.05) is 18.7 Å². The van der Waals surface area contributed by atoms with Crippen molar-refractivity contribution in [2.24, 2.45) is 7.05 Å². The fourth-order valence-electron chi connectivity index (χ4n) is 2.65. The van der Waals surface area contributed by atoms with Crippen molar-refractivity contribution in [2.75, 3.05) is 7.11 Å². The lowest BCUT2D eigenvalue weighted by molar-refractivity contribution is -0.144. The van der Waals surface area contributed by atoms with Crippen LogP contribution in [0.4, 0.5) is 0 Å². The molecule has 0 aliphatic rings. The lowest BCUT2D eigenvalue weighted by Crippen LogP contribution is -2.28. The van der Waals surface area contributed by atoms with Crippen LogP contribution < -0.4 is 10.3 Å². The van der Waals surface area contributed by atoms with Crippen LogP contribution in [-0.4, -0.2) is 23.8 Å². The number of ether oxygens (including phenoxy) is 2. The van der Waals surface area contributed by atoms with E-state index in [1.807, 2.05) is 24.3 Å². The van der Waals surface area contributed by atoms with Crippen molar-refractivity contribution in [3.05, 3.63) is 52.3 Å². The quantitative estimate of drug-likeness (QED) is 0.628. The van der Waals surface area contributed by atoms with Gasteiger partial charge in [0.05, 0.1) is 18.2 Å². The van der Waals surface area contributed by atoms with Gasteiger partial charge in [-0.25, -0.2) is 0 Å². The number of hydrogen-bond donors (Lipinski definition) is 0. The minimum atomic E-state index is -0.560. The van der Waals surface area contributed by atoms with Crippen LogP contribution in [-0.2, 0) is 23.0 Å². The number of esters is 1. The maximum Gasteiger partial charge on any atom is 0.303 e. The summed E-state index contributed by atoms with van der Waals surface area (Å²) >= 11 is 0. The average Bonchev–Trinajstić information content (AvgIpc) is 2.51. The van der Waals surface area contributed by atoms with Crippen LogP contribution in [0.15, 0.2) is 41.2 Å². The topological polar surface area (TPSA) is 57.5 Å². The first-order chi connectivity index (χ1) is 10.9. The molecule has 1 heterocycles. The smallest absolute Gasteiger partial charge is 0.303 e. The number of pyridine rings is 1. The van der Waals surface area contributed by atoms with Crippen molar-refractivity contribution in [2.45, 2.75) is 26.4 Å². The maximum absolute atomic E-state index is 12.7. The normalized spacial score (nSPS) is 12.0. The fourth-order valence-corrected chi connectivity index (χ4v) is 2.65. The molecule has 5 heteroatoms. The molecule has 0 radical (unpaired) electrons. The highest BCUT2D eigenvalue weighted by Gasteiger charge is 2.22. The molecule has 2 rings (SSSR count). The van der Waals surface area contributed by atoms with E-state index in [1.165, 1.54) is 14.0 Å². The molecule has 0 amide bonds. The highest BCUT2D eigenvalue weighted by molar-refractivity contribution is 5.86. The van der Waals surface area contributed by atoms with Gasteiger partial charge in [0.1, 0.15) is 11.9 Å². The largest absolute Gasteiger partial charge is 0.496 e. The Morgan fingerprint density at radius 1 is 1.30 bits per heavy atom. The van der Waals surface area contributed by atoms with Crippen LogP contribution in [0.25, 0.3) is 10.9 Å². The SMILES string of the molecule is C=C(C)C(Cc1c(OC)c2ccccc2n(C)c1=O)OC(C)=O. The number of nitrogens with zero attached hydrogens (tertiary/aromatic N) is 1. The Kier molecular flexibility index (Phi) is 4.89. The van der Waals surface area contributed by atoms with E-state index in [0.29, 0.717) is 16.9 Å². The summed E-state index contributed by atoms with van der Waals surface area (Å²) in [6.45, 7) is 6.96. The van der Waals surface area contributed by atoms with Crippen LogP contribution in [0.5, 0.6) is 5.75 Å². The summed E-state index contributed by atoms with van der Waals surface area (Å²) in [7, 11) is 3.25. The number of methoxy groups -OCH3 is 1. The fraction of sp³-hybridized carbons (Fsp3) is 0.333. The molecular weight excluding hydrogens is 294 g/mol. The molecule has 0 fully saturated rings. The lowest BCUT2D eigenvalue weighted by Gasteiger charge is -2.20. The molecule has 1 aromatic heterocycles. The first-order valence-electron chi connectivity index (χ1n) is 7.34. The lowest BCUT2D eigenvalue weighted by atomic mass is 10.0. The summed E-state index contributed by atoms with van der Waals surface area (Å²) in [5.41, 5.74) is 1.77. The van der Waals surface area contributed by atoms with Crippen LogP contribution in [0.2, 0.25) is 0 Å². The van der Waals surface area contributed by atoms with Gasteiger partial charge in [-0.05, 0) is 24.6 Å². The number of carbonyl (C=O) groups excluding carboxylic acids is 1. The molecule has 122 valence electrons. The molecule has 1 unspecified atom stereocenters. The monoisotopic (exact) mass is 315 g/mol. The number of para-hydroxylation sites is 1. The predicted octanol–water partition coefficient (Wildman–Crippen LogP) is 2.60. The van der Waals surface area contributed by atoms with Gasteiger partial charge in [-0.3, -0.25) is 9.59 Å². The number of hydrogen-bond acceptors (Lipinski definition) is 4. The number of carbonyl (C=O) groups is 1. The highest BCUT2D eigenvalue weighted by Crippen LogP contribution is 2.28. The van der Waals surface area contributed by atoms with Gasteiger partial charge in [0.15, 0.2) is 0 Å². The molecule has 5 nitrogen and oxygen atoms in total. The minimum absolute atomic E-state index is 0.168. The van der Waals surface area contributed by atoms with Gasteiger partial charge in [0, 0.05) is 25.8 Å². The Labute approximate surface area is 135 Å². The molecule has 0 aliphatic heterocycles. The molecule has 0 aliphatic carbocycles. The zero-order chi connectivity index (χ0) is 17.1. The molecule has 0 N–H and O–H groups in total. The summed E-state index contributed by atoms with van der Waals surface area (Å²) < 4.78 is 12.4. The summed E-state index contributed by atoms with van der Waals surface area (Å²) in [6.07, 6.45) is -0.328. The van der Waals surface area contributed by atoms with Crippen molar-refractivity contribution >= 4 is 16.9 Å². The van der Waals surface area contributed by atoms with E-state index in [0.717, 1.165) is 10.9 Å². The van der Waals surface area contributed by atoms with E-state index < -0.39 is 12.1 Å². The molecule has 0 saturated heterocycles. The molecule has 2 aromatic rings. The molecule has 1 aromatic carbocycles. The van der Waals surface area contributed by atoms with Crippen LogP contribution >= 0.6 is 0 Å². The Balaban J connectivity index is 2.64. The number of benzene rings is 1. The third kappa shape index (κ3) is 3.28. The second kappa shape index (κ2) is 6.69. The van der Waals surface area contributed by atoms with Gasteiger partial charge < -0.3 is 14.0 Å². The summed E-state index contributed by atoms with van der Waals surface area (Å²) in [6, 6.07) is 7.53. The van der Waals surface area contributed by atoms with Crippen molar-refractivity contribution in [3.8, 4) is 5.75 Å². The molecule has 0 spiro atoms. The van der Waals surface area contributed by atoms with E-state index in [-0.39, 0.29) is 12.0 Å². The van der Waals surface area contributed by atoms with Crippen LogP contribution in [0.1, 0.15) is 19.4 Å². The number of rotatable bonds is 5. The van der Waals surface area contributed by atoms with Crippen LogP contribution in [0, 0.1) is 0 Å². The van der Waals surface area contributed by atoms with Gasteiger partial charge >= 0.3 is 5.97 Å². The van der Waals surface area contributed by atoms with Gasteiger partial charge in [0.25, 0.3) is 5.56 Å². The van der Waals surface area contributed by atoms with E-state index in [1.54, 1.807) is 18.5 Å². The minimum Gasteiger partial charge on any atom is -0.496 e. The van der Waals surface area contributed by atoms with Crippen molar-refractivity contribution in [1.29, 1.82) is 0 Å². The van der Waals surface area contributed by atoms with Gasteiger partial charge in [-0.15, -0.1) is 0 Å². The highest BCUT2D eigenvalue weighted by atomic mass is 16.5. The Morgan fingerprint density at radius 3 is 2.52 bits per heavy atom. The standard InChI is InChI=1S/C18H21NO4/c1-11(2)16(23-12(3)20)10-14-17(22-5)13-8-6-7-9-15(13)19(4)18(14)21/h6-9,16H,1,10H2,2-5H3. The third-order valence-electron chi connectivity index (χ3n) is 3.80. The van der Waals surface area contributed by atoms with Crippen molar-refractivity contribution in [1.82, 2.24) is 4.57 Å². The zero-order valence-corrected chi connectivity index (χ0v) is 13.9. The Hall–Kier alpha value is -2.56. The number of aryl methyl sites for hydroxylation is 1. The first kappa shape index (κ1) is 16.8. The van der Waals surface area contributed by atoms with E-state index in [2.05, 4.69) is 6.58 Å².